The normalized spacial score (nSPS) is 17.8. The molecule has 6 heteroatoms. The van der Waals surface area contributed by atoms with E-state index < -0.39 is 12.1 Å². The largest absolute Gasteiger partial charge is 0.420 e. The second-order valence-corrected chi connectivity index (χ2v) is 4.00. The maximum atomic E-state index is 12.0. The third-order valence-electron chi connectivity index (χ3n) is 2.54. The number of carbonyl (C=O) groups is 2. The fraction of sp³-hybridized carbons (Fsp3) is 0.250. The smallest absolute Gasteiger partial charge is 0.415 e. The molecular formula is C12H13N3O3. The molecule has 94 valence electrons. The van der Waals surface area contributed by atoms with Gasteiger partial charge in [-0.15, -0.1) is 0 Å². The number of rotatable bonds is 1. The van der Waals surface area contributed by atoms with E-state index in [1.165, 1.54) is 11.1 Å². The van der Waals surface area contributed by atoms with E-state index in [0.717, 1.165) is 0 Å². The van der Waals surface area contributed by atoms with Crippen LogP contribution in [0.25, 0.3) is 0 Å². The monoisotopic (exact) mass is 247 g/mol. The summed E-state index contributed by atoms with van der Waals surface area (Å²) in [4.78, 5) is 28.9. The topological polar surface area (TPSA) is 71.5 Å². The van der Waals surface area contributed by atoms with Gasteiger partial charge in [0.05, 0.1) is 23.3 Å². The molecule has 1 atom stereocenters. The van der Waals surface area contributed by atoms with Crippen LogP contribution in [0.5, 0.6) is 0 Å². The van der Waals surface area contributed by atoms with Crippen molar-refractivity contribution in [3.05, 3.63) is 30.8 Å². The molecule has 1 aliphatic heterocycles. The summed E-state index contributed by atoms with van der Waals surface area (Å²) in [6, 6.07) is 0.997. The highest BCUT2D eigenvalue weighted by Gasteiger charge is 2.35. The van der Waals surface area contributed by atoms with Crippen molar-refractivity contribution in [2.24, 2.45) is 0 Å². The zero-order valence-electron chi connectivity index (χ0n) is 10.1. The third kappa shape index (κ3) is 2.04. The summed E-state index contributed by atoms with van der Waals surface area (Å²) in [7, 11) is 0. The Morgan fingerprint density at radius 3 is 3.00 bits per heavy atom. The number of carbonyl (C=O) groups excluding carboxylic acids is 2. The summed E-state index contributed by atoms with van der Waals surface area (Å²) in [5.74, 6) is -0.0112. The van der Waals surface area contributed by atoms with Crippen LogP contribution in [0.15, 0.2) is 30.8 Å². The van der Waals surface area contributed by atoms with E-state index in [4.69, 9.17) is 4.74 Å². The van der Waals surface area contributed by atoms with Crippen molar-refractivity contribution >= 4 is 23.4 Å². The molecule has 0 bridgehead atoms. The van der Waals surface area contributed by atoms with Crippen molar-refractivity contribution in [2.75, 3.05) is 10.2 Å². The second-order valence-electron chi connectivity index (χ2n) is 4.00. The lowest BCUT2D eigenvalue weighted by molar-refractivity contribution is -0.117. The molecule has 1 aromatic heterocycles. The number of nitrogens with zero attached hydrogens (tertiary/aromatic N) is 2. The predicted molar refractivity (Wildman–Crippen MR) is 66.1 cm³/mol. The van der Waals surface area contributed by atoms with Gasteiger partial charge in [0.2, 0.25) is 5.91 Å². The molecule has 2 heterocycles. The number of hydrogen-bond acceptors (Lipinski definition) is 4. The van der Waals surface area contributed by atoms with Gasteiger partial charge in [0.15, 0.2) is 0 Å². The van der Waals surface area contributed by atoms with Crippen molar-refractivity contribution in [1.29, 1.82) is 0 Å². The average Bonchev–Trinajstić information content (AvgIpc) is 2.29. The van der Waals surface area contributed by atoms with Crippen molar-refractivity contribution in [1.82, 2.24) is 4.98 Å². The molecule has 0 radical (unpaired) electrons. The third-order valence-corrected chi connectivity index (χ3v) is 2.54. The van der Waals surface area contributed by atoms with E-state index in [2.05, 4.69) is 16.9 Å². The van der Waals surface area contributed by atoms with E-state index in [0.29, 0.717) is 11.4 Å². The van der Waals surface area contributed by atoms with Crippen molar-refractivity contribution < 1.29 is 14.3 Å². The maximum absolute atomic E-state index is 12.0. The van der Waals surface area contributed by atoms with E-state index >= 15 is 0 Å². The van der Waals surface area contributed by atoms with Gasteiger partial charge < -0.3 is 10.1 Å². The fourth-order valence-electron chi connectivity index (χ4n) is 1.71. The molecule has 0 fully saturated rings. The molecule has 1 aromatic rings. The number of fused-ring (bicyclic) bond motifs is 1. The van der Waals surface area contributed by atoms with Crippen LogP contribution in [-0.2, 0) is 9.53 Å². The molecule has 2 amide bonds. The molecule has 0 spiro atoms. The van der Waals surface area contributed by atoms with E-state index in [1.54, 1.807) is 26.1 Å². The van der Waals surface area contributed by atoms with Gasteiger partial charge in [-0.3, -0.25) is 14.7 Å². The first-order valence-electron chi connectivity index (χ1n) is 5.42. The first-order chi connectivity index (χ1) is 8.50. The molecule has 0 aromatic carbocycles. The van der Waals surface area contributed by atoms with Crippen molar-refractivity contribution in [3.8, 4) is 0 Å². The lowest BCUT2D eigenvalue weighted by Gasteiger charge is -2.33. The van der Waals surface area contributed by atoms with Gasteiger partial charge in [-0.2, -0.15) is 0 Å². The van der Waals surface area contributed by atoms with Crippen LogP contribution in [0, 0.1) is 0 Å². The number of amides is 2. The van der Waals surface area contributed by atoms with Gasteiger partial charge in [0.1, 0.15) is 6.04 Å². The lowest BCUT2D eigenvalue weighted by Crippen LogP contribution is -2.49. The van der Waals surface area contributed by atoms with Gasteiger partial charge in [0, 0.05) is 6.20 Å². The van der Waals surface area contributed by atoms with Gasteiger partial charge in [-0.25, -0.2) is 4.79 Å². The first kappa shape index (κ1) is 12.1. The second kappa shape index (κ2) is 4.48. The summed E-state index contributed by atoms with van der Waals surface area (Å²) in [5, 5.41) is 2.67. The lowest BCUT2D eigenvalue weighted by atomic mass is 10.1. The molecule has 6 nitrogen and oxygen atoms in total. The molecule has 0 saturated heterocycles. The van der Waals surface area contributed by atoms with Crippen LogP contribution in [-0.4, -0.2) is 23.0 Å². The van der Waals surface area contributed by atoms with E-state index in [1.807, 2.05) is 0 Å². The molecule has 1 N–H and O–H groups in total. The van der Waals surface area contributed by atoms with Gasteiger partial charge in [-0.1, -0.05) is 6.58 Å². The van der Waals surface area contributed by atoms with Crippen molar-refractivity contribution in [3.63, 3.8) is 0 Å². The average molecular weight is 247 g/mol. The molecule has 0 aliphatic carbocycles. The Kier molecular flexibility index (Phi) is 3.01. The van der Waals surface area contributed by atoms with Crippen LogP contribution in [0.1, 0.15) is 13.8 Å². The Bertz CT molecular complexity index is 527. The van der Waals surface area contributed by atoms with Crippen LogP contribution in [0.4, 0.5) is 16.2 Å². The summed E-state index contributed by atoms with van der Waals surface area (Å²) < 4.78 is 4.96. The van der Waals surface area contributed by atoms with Gasteiger partial charge in [0.25, 0.3) is 0 Å². The Morgan fingerprint density at radius 2 is 2.33 bits per heavy atom. The molecule has 1 aliphatic rings. The molecule has 2 rings (SSSR count). The fourth-order valence-corrected chi connectivity index (χ4v) is 1.71. The number of hydrogen-bond donors (Lipinski definition) is 1. The van der Waals surface area contributed by atoms with E-state index in [-0.39, 0.29) is 11.7 Å². The highest BCUT2D eigenvalue weighted by molar-refractivity contribution is 6.10. The summed E-state index contributed by atoms with van der Waals surface area (Å²) in [5.41, 5.74) is 1.04. The van der Waals surface area contributed by atoms with Crippen LogP contribution in [0.2, 0.25) is 0 Å². The molecule has 0 saturated carbocycles. The summed E-state index contributed by atoms with van der Waals surface area (Å²) in [6.07, 6.45) is 2.40. The molecule has 0 unspecified atom stereocenters. The maximum Gasteiger partial charge on any atom is 0.420 e. The number of aromatic nitrogens is 1. The number of anilines is 2. The SMILES string of the molecule is C=C(C)OC(=O)N1c2ccncc2NC(=O)[C@@H]1C. The number of ether oxygens (including phenoxy) is 1. The Balaban J connectivity index is 2.41. The van der Waals surface area contributed by atoms with Crippen LogP contribution in [0.3, 0.4) is 0 Å². The Morgan fingerprint density at radius 1 is 1.61 bits per heavy atom. The Hall–Kier alpha value is -2.37. The summed E-state index contributed by atoms with van der Waals surface area (Å²) >= 11 is 0. The zero-order chi connectivity index (χ0) is 13.3. The Labute approximate surface area is 104 Å². The van der Waals surface area contributed by atoms with Crippen LogP contribution < -0.4 is 10.2 Å². The number of allylic oxidation sites excluding steroid dienone is 1. The standard InChI is InChI=1S/C12H13N3O3/c1-7(2)18-12(17)15-8(3)11(16)14-9-6-13-5-4-10(9)15/h4-6,8H,1H2,2-3H3,(H,14,16)/t8-/m0/s1. The minimum absolute atomic E-state index is 0.272. The minimum atomic E-state index is -0.647. The zero-order valence-corrected chi connectivity index (χ0v) is 10.1. The van der Waals surface area contributed by atoms with Gasteiger partial charge in [-0.05, 0) is 19.9 Å². The van der Waals surface area contributed by atoms with Crippen molar-refractivity contribution in [2.45, 2.75) is 19.9 Å². The van der Waals surface area contributed by atoms with Gasteiger partial charge >= 0.3 is 6.09 Å². The highest BCUT2D eigenvalue weighted by Crippen LogP contribution is 2.31. The molecular weight excluding hydrogens is 234 g/mol. The summed E-state index contributed by atoms with van der Waals surface area (Å²) in [6.45, 7) is 6.70. The molecule has 18 heavy (non-hydrogen) atoms. The number of pyridine rings is 1. The first-order valence-corrected chi connectivity index (χ1v) is 5.42. The van der Waals surface area contributed by atoms with Crippen LogP contribution >= 0.6 is 0 Å². The predicted octanol–water partition coefficient (Wildman–Crippen LogP) is 1.90. The van der Waals surface area contributed by atoms with E-state index in [9.17, 15) is 9.59 Å². The number of nitrogens with one attached hydrogen (secondary N) is 1. The quantitative estimate of drug-likeness (QED) is 0.769. The highest BCUT2D eigenvalue weighted by atomic mass is 16.6. The minimum Gasteiger partial charge on any atom is -0.415 e.